The normalized spacial score (nSPS) is 16.8. The average Bonchev–Trinajstić information content (AvgIpc) is 3.39. The van der Waals surface area contributed by atoms with E-state index in [1.807, 2.05) is 53.4 Å². The zero-order chi connectivity index (χ0) is 24.9. The van der Waals surface area contributed by atoms with Crippen LogP contribution in [-0.2, 0) is 11.2 Å². The molecule has 1 saturated carbocycles. The van der Waals surface area contributed by atoms with Crippen molar-refractivity contribution in [1.82, 2.24) is 4.90 Å². The molecule has 0 spiro atoms. The molecule has 1 aliphatic heterocycles. The number of thiophene rings is 1. The maximum Gasteiger partial charge on any atom is 0.346 e. The Morgan fingerprint density at radius 3 is 2.33 bits per heavy atom. The van der Waals surface area contributed by atoms with Gasteiger partial charge in [-0.1, -0.05) is 79.9 Å². The zero-order valence-corrected chi connectivity index (χ0v) is 21.4. The molecule has 1 fully saturated rings. The molecule has 0 radical (unpaired) electrons. The molecule has 1 aromatic heterocycles. The van der Waals surface area contributed by atoms with E-state index in [1.165, 1.54) is 47.3 Å². The molecule has 1 aliphatic carbocycles. The highest BCUT2D eigenvalue weighted by molar-refractivity contribution is 7.17. The Balaban J connectivity index is 1.46. The second-order valence-electron chi connectivity index (χ2n) is 9.91. The van der Waals surface area contributed by atoms with Gasteiger partial charge >= 0.3 is 5.97 Å². The van der Waals surface area contributed by atoms with Crippen molar-refractivity contribution in [3.63, 3.8) is 0 Å². The van der Waals surface area contributed by atoms with Gasteiger partial charge in [0, 0.05) is 30.0 Å². The number of carboxylic acid groups (broad SMARTS) is 1. The Bertz CT molecular complexity index is 1240. The summed E-state index contributed by atoms with van der Waals surface area (Å²) in [6.45, 7) is 1.28. The number of hydrogen-bond donors (Lipinski definition) is 1. The van der Waals surface area contributed by atoms with Gasteiger partial charge in [-0.15, -0.1) is 11.3 Å². The molecule has 0 unspecified atom stereocenters. The summed E-state index contributed by atoms with van der Waals surface area (Å²) >= 11 is 1.36. The quantitative estimate of drug-likeness (QED) is 0.371. The van der Waals surface area contributed by atoms with Gasteiger partial charge in [-0.3, -0.25) is 4.79 Å². The molecule has 0 atom stereocenters. The third kappa shape index (κ3) is 5.46. The average molecular weight is 500 g/mol. The highest BCUT2D eigenvalue weighted by Gasteiger charge is 2.31. The van der Waals surface area contributed by atoms with Crippen LogP contribution in [0.3, 0.4) is 0 Å². The number of amides is 1. The molecule has 5 heteroatoms. The Labute approximate surface area is 217 Å². The second kappa shape index (κ2) is 11.3. The number of aromatic carboxylic acids is 1. The first-order valence-electron chi connectivity index (χ1n) is 13.1. The predicted molar refractivity (Wildman–Crippen MR) is 146 cm³/mol. The highest BCUT2D eigenvalue weighted by Crippen LogP contribution is 2.43. The van der Waals surface area contributed by atoms with Gasteiger partial charge in [0.25, 0.3) is 0 Å². The summed E-state index contributed by atoms with van der Waals surface area (Å²) in [6.07, 6.45) is 7.89. The van der Waals surface area contributed by atoms with Gasteiger partial charge < -0.3 is 10.0 Å². The number of benzene rings is 2. The van der Waals surface area contributed by atoms with Crippen LogP contribution in [-0.4, -0.2) is 35.0 Å². The van der Waals surface area contributed by atoms with E-state index in [9.17, 15) is 14.7 Å². The van der Waals surface area contributed by atoms with E-state index in [0.29, 0.717) is 36.7 Å². The van der Waals surface area contributed by atoms with Gasteiger partial charge in [0.2, 0.25) is 5.91 Å². The van der Waals surface area contributed by atoms with Crippen LogP contribution in [0.1, 0.15) is 65.7 Å². The van der Waals surface area contributed by atoms with Crippen molar-refractivity contribution in [2.24, 2.45) is 5.92 Å². The Kier molecular flexibility index (Phi) is 7.66. The van der Waals surface area contributed by atoms with E-state index < -0.39 is 5.97 Å². The van der Waals surface area contributed by atoms with Crippen molar-refractivity contribution in [3.8, 4) is 10.4 Å². The molecule has 2 heterocycles. The lowest BCUT2D eigenvalue weighted by Gasteiger charge is -2.36. The summed E-state index contributed by atoms with van der Waals surface area (Å²) in [5.74, 6) is -0.241. The molecule has 2 aliphatic rings. The summed E-state index contributed by atoms with van der Waals surface area (Å²) < 4.78 is 0. The Morgan fingerprint density at radius 2 is 1.64 bits per heavy atom. The minimum Gasteiger partial charge on any atom is -0.477 e. The topological polar surface area (TPSA) is 57.6 Å². The van der Waals surface area contributed by atoms with Crippen LogP contribution in [0.25, 0.3) is 16.0 Å². The van der Waals surface area contributed by atoms with Gasteiger partial charge in [-0.25, -0.2) is 4.79 Å². The number of hydrogen-bond acceptors (Lipinski definition) is 3. The van der Waals surface area contributed by atoms with Gasteiger partial charge in [0.05, 0.1) is 0 Å². The van der Waals surface area contributed by atoms with Gasteiger partial charge in [0.1, 0.15) is 4.88 Å². The summed E-state index contributed by atoms with van der Waals surface area (Å²) in [5.41, 5.74) is 5.57. The van der Waals surface area contributed by atoms with Crippen molar-refractivity contribution >= 4 is 28.8 Å². The molecule has 0 bridgehead atoms. The minimum atomic E-state index is -0.867. The van der Waals surface area contributed by atoms with E-state index in [1.54, 1.807) is 0 Å². The lowest BCUT2D eigenvalue weighted by atomic mass is 9.78. The maximum absolute atomic E-state index is 13.2. The first kappa shape index (κ1) is 24.5. The summed E-state index contributed by atoms with van der Waals surface area (Å²) in [4.78, 5) is 28.9. The molecule has 0 saturated heterocycles. The number of carbonyl (C=O) groups excluding carboxylic acids is 1. The fourth-order valence-corrected chi connectivity index (χ4v) is 6.74. The van der Waals surface area contributed by atoms with Crippen LogP contribution in [0.2, 0.25) is 0 Å². The summed E-state index contributed by atoms with van der Waals surface area (Å²) in [6, 6.07) is 22.3. The smallest absolute Gasteiger partial charge is 0.346 e. The fourth-order valence-electron chi connectivity index (χ4n) is 5.71. The SMILES string of the molecule is O=C(O)c1sc(-c2ccccc2)cc1C1=C(C2CCCCC2)CN(C(=O)CCc2ccccc2)CC1. The molecule has 1 N–H and O–H groups in total. The number of aryl methyl sites for hydroxylation is 1. The number of nitrogens with zero attached hydrogens (tertiary/aromatic N) is 1. The predicted octanol–water partition coefficient (Wildman–Crippen LogP) is 7.31. The molecule has 1 amide bonds. The third-order valence-corrected chi connectivity index (χ3v) is 8.78. The van der Waals surface area contributed by atoms with E-state index in [-0.39, 0.29) is 5.91 Å². The zero-order valence-electron chi connectivity index (χ0n) is 20.6. The maximum atomic E-state index is 13.2. The number of rotatable bonds is 7. The largest absolute Gasteiger partial charge is 0.477 e. The van der Waals surface area contributed by atoms with Crippen molar-refractivity contribution in [1.29, 1.82) is 0 Å². The van der Waals surface area contributed by atoms with E-state index in [2.05, 4.69) is 18.2 Å². The van der Waals surface area contributed by atoms with Crippen LogP contribution in [0.4, 0.5) is 0 Å². The fraction of sp³-hybridized carbons (Fsp3) is 0.355. The van der Waals surface area contributed by atoms with Crippen molar-refractivity contribution in [3.05, 3.63) is 88.3 Å². The lowest BCUT2D eigenvalue weighted by Crippen LogP contribution is -2.39. The van der Waals surface area contributed by atoms with Crippen molar-refractivity contribution in [2.45, 2.75) is 51.4 Å². The molecule has 5 rings (SSSR count). The second-order valence-corrected chi connectivity index (χ2v) is 11.0. The van der Waals surface area contributed by atoms with Crippen molar-refractivity contribution in [2.75, 3.05) is 13.1 Å². The monoisotopic (exact) mass is 499 g/mol. The van der Waals surface area contributed by atoms with Gasteiger partial charge in [-0.2, -0.15) is 0 Å². The number of carbonyl (C=O) groups is 2. The Morgan fingerprint density at radius 1 is 0.944 bits per heavy atom. The van der Waals surface area contributed by atoms with Crippen LogP contribution in [0, 0.1) is 5.92 Å². The third-order valence-electron chi connectivity index (χ3n) is 7.61. The van der Waals surface area contributed by atoms with E-state index >= 15 is 0 Å². The summed E-state index contributed by atoms with van der Waals surface area (Å²) in [5, 5.41) is 10.1. The summed E-state index contributed by atoms with van der Waals surface area (Å²) in [7, 11) is 0. The van der Waals surface area contributed by atoms with Crippen LogP contribution >= 0.6 is 11.3 Å². The molecular weight excluding hydrogens is 466 g/mol. The van der Waals surface area contributed by atoms with Crippen LogP contribution in [0.15, 0.2) is 72.3 Å². The molecule has 186 valence electrons. The molecule has 3 aromatic rings. The highest BCUT2D eigenvalue weighted by atomic mass is 32.1. The van der Waals surface area contributed by atoms with Crippen LogP contribution in [0.5, 0.6) is 0 Å². The van der Waals surface area contributed by atoms with Gasteiger partial charge in [0.15, 0.2) is 0 Å². The first-order valence-corrected chi connectivity index (χ1v) is 13.9. The molecule has 2 aromatic carbocycles. The van der Waals surface area contributed by atoms with Crippen LogP contribution < -0.4 is 0 Å². The molecule has 36 heavy (non-hydrogen) atoms. The molecular formula is C31H33NO3S. The van der Waals surface area contributed by atoms with E-state index in [4.69, 9.17) is 0 Å². The van der Waals surface area contributed by atoms with Gasteiger partial charge in [-0.05, 0) is 59.9 Å². The minimum absolute atomic E-state index is 0.194. The standard InChI is InChI=1S/C31H33NO3S/c33-29(17-16-22-10-4-1-5-11-22)32-19-18-25(27(21-32)23-12-6-2-7-13-23)26-20-28(36-30(26)31(34)35)24-14-8-3-9-15-24/h1,3-5,8-11,14-15,20,23H,2,6-7,12-13,16-19,21H2,(H,34,35). The van der Waals surface area contributed by atoms with E-state index in [0.717, 1.165) is 35.3 Å². The Hall–Kier alpha value is -3.18. The number of carboxylic acids is 1. The first-order chi connectivity index (χ1) is 17.6. The lowest BCUT2D eigenvalue weighted by molar-refractivity contribution is -0.131. The van der Waals surface area contributed by atoms with Crippen molar-refractivity contribution < 1.29 is 14.7 Å². The molecule has 4 nitrogen and oxygen atoms in total.